The fourth-order valence-corrected chi connectivity index (χ4v) is 5.36. The molecule has 1 atom stereocenters. The monoisotopic (exact) mass is 449 g/mol. The molecule has 3 aliphatic rings. The molecule has 1 unspecified atom stereocenters. The molecule has 166 valence electrons. The van der Waals surface area contributed by atoms with Gasteiger partial charge in [0.1, 0.15) is 0 Å². The first-order valence-electron chi connectivity index (χ1n) is 11.3. The maximum Gasteiger partial charge on any atom is 0.290 e. The first-order chi connectivity index (χ1) is 15.6. The number of imide groups is 1. The van der Waals surface area contributed by atoms with E-state index in [1.54, 1.807) is 18.3 Å². The summed E-state index contributed by atoms with van der Waals surface area (Å²) in [6.45, 7) is 2.91. The SMILES string of the molecule is O=C1NC(=O)/C(=C/c2ccnc(N3CCC(CNC4CCc5ccccc5C4)CC3)n2)S1. The fraction of sp³-hybridized carbons (Fsp3) is 0.417. The number of carbonyl (C=O) groups is 2. The van der Waals surface area contributed by atoms with Gasteiger partial charge >= 0.3 is 0 Å². The maximum atomic E-state index is 11.8. The van der Waals surface area contributed by atoms with Gasteiger partial charge in [0.25, 0.3) is 11.1 Å². The lowest BCUT2D eigenvalue weighted by atomic mass is 9.87. The number of thioether (sulfide) groups is 1. The van der Waals surface area contributed by atoms with Crippen LogP contribution in [0.15, 0.2) is 41.4 Å². The molecule has 2 saturated heterocycles. The lowest BCUT2D eigenvalue weighted by Gasteiger charge is -2.33. The van der Waals surface area contributed by atoms with Crippen molar-refractivity contribution in [3.8, 4) is 0 Å². The molecule has 1 aromatic heterocycles. The molecule has 2 N–H and O–H groups in total. The zero-order chi connectivity index (χ0) is 21.9. The molecule has 0 radical (unpaired) electrons. The average Bonchev–Trinajstić information content (AvgIpc) is 3.14. The third-order valence-electron chi connectivity index (χ3n) is 6.52. The average molecular weight is 450 g/mol. The highest BCUT2D eigenvalue weighted by Gasteiger charge is 2.26. The van der Waals surface area contributed by atoms with E-state index in [1.165, 1.54) is 24.0 Å². The number of piperidine rings is 1. The Morgan fingerprint density at radius 2 is 1.94 bits per heavy atom. The predicted molar refractivity (Wildman–Crippen MR) is 126 cm³/mol. The van der Waals surface area contributed by atoms with E-state index in [1.807, 2.05) is 0 Å². The summed E-state index contributed by atoms with van der Waals surface area (Å²) in [5.41, 5.74) is 3.65. The largest absolute Gasteiger partial charge is 0.341 e. The molecule has 3 heterocycles. The molecule has 1 aliphatic carbocycles. The van der Waals surface area contributed by atoms with Crippen molar-refractivity contribution in [1.29, 1.82) is 0 Å². The van der Waals surface area contributed by atoms with Crippen LogP contribution in [0.25, 0.3) is 6.08 Å². The highest BCUT2D eigenvalue weighted by atomic mass is 32.2. The molecule has 0 spiro atoms. The first kappa shape index (κ1) is 21.2. The molecule has 0 bridgehead atoms. The highest BCUT2D eigenvalue weighted by Crippen LogP contribution is 2.26. The number of aryl methyl sites for hydroxylation is 1. The van der Waals surface area contributed by atoms with Crippen molar-refractivity contribution in [2.24, 2.45) is 5.92 Å². The second-order valence-corrected chi connectivity index (χ2v) is 9.70. The smallest absolute Gasteiger partial charge is 0.290 e. The number of fused-ring (bicyclic) bond motifs is 1. The molecule has 1 aromatic carbocycles. The first-order valence-corrected chi connectivity index (χ1v) is 12.1. The van der Waals surface area contributed by atoms with E-state index in [2.05, 4.69) is 49.8 Å². The Bertz CT molecular complexity index is 1050. The topological polar surface area (TPSA) is 87.2 Å². The molecule has 5 rings (SSSR count). The van der Waals surface area contributed by atoms with E-state index in [-0.39, 0.29) is 11.1 Å². The van der Waals surface area contributed by atoms with Gasteiger partial charge in [-0.05, 0) is 79.6 Å². The van der Waals surface area contributed by atoms with Gasteiger partial charge in [-0.3, -0.25) is 14.9 Å². The number of nitrogens with one attached hydrogen (secondary N) is 2. The number of hydrogen-bond donors (Lipinski definition) is 2. The van der Waals surface area contributed by atoms with Crippen LogP contribution < -0.4 is 15.5 Å². The molecule has 2 fully saturated rings. The maximum absolute atomic E-state index is 11.8. The Labute approximate surface area is 192 Å². The van der Waals surface area contributed by atoms with Crippen LogP contribution in [0.4, 0.5) is 10.7 Å². The highest BCUT2D eigenvalue weighted by molar-refractivity contribution is 8.18. The minimum Gasteiger partial charge on any atom is -0.341 e. The molecule has 2 aromatic rings. The van der Waals surface area contributed by atoms with Crippen molar-refractivity contribution in [1.82, 2.24) is 20.6 Å². The van der Waals surface area contributed by atoms with Crippen molar-refractivity contribution >= 4 is 34.9 Å². The molecule has 8 heteroatoms. The molecule has 7 nitrogen and oxygen atoms in total. The van der Waals surface area contributed by atoms with Crippen LogP contribution in [0, 0.1) is 5.92 Å². The van der Waals surface area contributed by atoms with E-state index >= 15 is 0 Å². The number of anilines is 1. The predicted octanol–water partition coefficient (Wildman–Crippen LogP) is 3.16. The molecule has 0 saturated carbocycles. The van der Waals surface area contributed by atoms with Crippen molar-refractivity contribution in [3.63, 3.8) is 0 Å². The number of carbonyl (C=O) groups excluding carboxylic acids is 2. The van der Waals surface area contributed by atoms with Crippen LogP contribution in [0.3, 0.4) is 0 Å². The fourth-order valence-electron chi connectivity index (χ4n) is 4.69. The summed E-state index contributed by atoms with van der Waals surface area (Å²) >= 11 is 0.904. The second-order valence-electron chi connectivity index (χ2n) is 8.68. The summed E-state index contributed by atoms with van der Waals surface area (Å²) < 4.78 is 0. The van der Waals surface area contributed by atoms with E-state index in [0.717, 1.165) is 50.7 Å². The number of rotatable bonds is 5. The van der Waals surface area contributed by atoms with Gasteiger partial charge in [-0.1, -0.05) is 24.3 Å². The summed E-state index contributed by atoms with van der Waals surface area (Å²) in [4.78, 5) is 34.7. The Hall–Kier alpha value is -2.71. The van der Waals surface area contributed by atoms with Crippen molar-refractivity contribution in [3.05, 3.63) is 58.3 Å². The number of aromatic nitrogens is 2. The van der Waals surface area contributed by atoms with Crippen LogP contribution in [0.2, 0.25) is 0 Å². The van der Waals surface area contributed by atoms with Gasteiger partial charge in [0.05, 0.1) is 10.6 Å². The Kier molecular flexibility index (Phi) is 6.23. The number of hydrogen-bond acceptors (Lipinski definition) is 7. The molecule has 2 aliphatic heterocycles. The number of nitrogens with zero attached hydrogens (tertiary/aromatic N) is 3. The van der Waals surface area contributed by atoms with Crippen molar-refractivity contribution < 1.29 is 9.59 Å². The Morgan fingerprint density at radius 3 is 2.72 bits per heavy atom. The van der Waals surface area contributed by atoms with Gasteiger partial charge in [-0.25, -0.2) is 9.97 Å². The van der Waals surface area contributed by atoms with Crippen LogP contribution in [-0.2, 0) is 17.6 Å². The van der Waals surface area contributed by atoms with Crippen LogP contribution in [-0.4, -0.2) is 46.8 Å². The minimum absolute atomic E-state index is 0.344. The minimum atomic E-state index is -0.366. The van der Waals surface area contributed by atoms with Crippen LogP contribution >= 0.6 is 11.8 Å². The van der Waals surface area contributed by atoms with Gasteiger partial charge in [-0.15, -0.1) is 0 Å². The summed E-state index contributed by atoms with van der Waals surface area (Å²) in [6, 6.07) is 11.1. The van der Waals surface area contributed by atoms with Gasteiger partial charge in [0.15, 0.2) is 0 Å². The van der Waals surface area contributed by atoms with Crippen molar-refractivity contribution in [2.45, 2.75) is 38.1 Å². The van der Waals surface area contributed by atoms with Crippen LogP contribution in [0.5, 0.6) is 0 Å². The third kappa shape index (κ3) is 4.86. The summed E-state index contributed by atoms with van der Waals surface area (Å²) in [5.74, 6) is 0.984. The van der Waals surface area contributed by atoms with Crippen molar-refractivity contribution in [2.75, 3.05) is 24.5 Å². The Morgan fingerprint density at radius 1 is 1.12 bits per heavy atom. The lowest BCUT2D eigenvalue weighted by molar-refractivity contribution is -0.115. The van der Waals surface area contributed by atoms with E-state index < -0.39 is 0 Å². The summed E-state index contributed by atoms with van der Waals surface area (Å²) in [6.07, 6.45) is 9.10. The van der Waals surface area contributed by atoms with Gasteiger partial charge < -0.3 is 10.2 Å². The van der Waals surface area contributed by atoms with Crippen LogP contribution in [0.1, 0.15) is 36.1 Å². The van der Waals surface area contributed by atoms with E-state index in [0.29, 0.717) is 28.5 Å². The quantitative estimate of drug-likeness (QED) is 0.678. The van der Waals surface area contributed by atoms with Gasteiger partial charge in [0, 0.05) is 25.3 Å². The molecule has 32 heavy (non-hydrogen) atoms. The summed E-state index contributed by atoms with van der Waals surface area (Å²) in [7, 11) is 0. The van der Waals surface area contributed by atoms with Gasteiger partial charge in [-0.2, -0.15) is 0 Å². The van der Waals surface area contributed by atoms with E-state index in [4.69, 9.17) is 0 Å². The lowest BCUT2D eigenvalue weighted by Crippen LogP contribution is -2.42. The van der Waals surface area contributed by atoms with Gasteiger partial charge in [0.2, 0.25) is 5.95 Å². The normalized spacial score (nSPS) is 22.8. The summed E-state index contributed by atoms with van der Waals surface area (Å²) in [5, 5.41) is 5.74. The zero-order valence-electron chi connectivity index (χ0n) is 17.9. The van der Waals surface area contributed by atoms with E-state index in [9.17, 15) is 9.59 Å². The number of amides is 2. The number of benzene rings is 1. The molecular weight excluding hydrogens is 422 g/mol. The molecular formula is C24H27N5O2S. The standard InChI is InChI=1S/C24H27N5O2S/c30-22-21(32-24(31)28-22)14-20-7-10-25-23(27-20)29-11-8-16(9-12-29)15-26-19-6-5-17-3-1-2-4-18(17)13-19/h1-4,7,10,14,16,19,26H,5-6,8-9,11-13,15H2,(H,28,30,31)/b21-14-. The Balaban J connectivity index is 1.12. The third-order valence-corrected chi connectivity index (χ3v) is 7.34. The second kappa shape index (κ2) is 9.42. The molecule has 2 amide bonds. The zero-order valence-corrected chi connectivity index (χ0v) is 18.7.